The molecule has 0 amide bonds. The molecule has 1 aliphatic heterocycles. The minimum absolute atomic E-state index is 0.265. The van der Waals surface area contributed by atoms with Crippen molar-refractivity contribution in [3.63, 3.8) is 0 Å². The standard InChI is InChI=1S/C13H17BrFN3/c14-11-5-4-10(8-12(11)15)9-17-13(16)18-6-2-1-3-7-18/h4-5,8H,1-3,6-7,9H2,(H2,16,17). The lowest BCUT2D eigenvalue weighted by molar-refractivity contribution is 0.338. The molecule has 98 valence electrons. The van der Waals surface area contributed by atoms with Gasteiger partial charge < -0.3 is 10.6 Å². The lowest BCUT2D eigenvalue weighted by Crippen LogP contribution is -2.40. The van der Waals surface area contributed by atoms with Crippen LogP contribution in [0.3, 0.4) is 0 Å². The maximum atomic E-state index is 13.3. The summed E-state index contributed by atoms with van der Waals surface area (Å²) in [5.74, 6) is 0.303. The third-order valence-electron chi connectivity index (χ3n) is 3.09. The van der Waals surface area contributed by atoms with Gasteiger partial charge in [-0.2, -0.15) is 0 Å². The fourth-order valence-corrected chi connectivity index (χ4v) is 2.28. The fourth-order valence-electron chi connectivity index (χ4n) is 2.03. The summed E-state index contributed by atoms with van der Waals surface area (Å²) in [6.07, 6.45) is 3.61. The van der Waals surface area contributed by atoms with Gasteiger partial charge in [0, 0.05) is 13.1 Å². The fraction of sp³-hybridized carbons (Fsp3) is 0.462. The van der Waals surface area contributed by atoms with Gasteiger partial charge >= 0.3 is 0 Å². The summed E-state index contributed by atoms with van der Waals surface area (Å²) in [5, 5.41) is 0. The minimum Gasteiger partial charge on any atom is -0.370 e. The molecule has 1 aromatic rings. The number of likely N-dealkylation sites (tertiary alicyclic amines) is 1. The average Bonchev–Trinajstić information content (AvgIpc) is 2.41. The number of rotatable bonds is 2. The number of benzene rings is 1. The molecule has 0 unspecified atom stereocenters. The van der Waals surface area contributed by atoms with E-state index in [2.05, 4.69) is 25.8 Å². The Balaban J connectivity index is 1.98. The monoisotopic (exact) mass is 313 g/mol. The first-order valence-corrected chi connectivity index (χ1v) is 6.95. The van der Waals surface area contributed by atoms with Crippen molar-refractivity contribution in [1.29, 1.82) is 0 Å². The molecule has 2 rings (SSSR count). The van der Waals surface area contributed by atoms with Crippen LogP contribution in [0.4, 0.5) is 4.39 Å². The molecular weight excluding hydrogens is 297 g/mol. The molecule has 0 aliphatic carbocycles. The molecule has 0 saturated carbocycles. The highest BCUT2D eigenvalue weighted by atomic mass is 79.9. The minimum atomic E-state index is -0.265. The Kier molecular flexibility index (Phi) is 4.58. The smallest absolute Gasteiger partial charge is 0.191 e. The first-order valence-electron chi connectivity index (χ1n) is 6.15. The van der Waals surface area contributed by atoms with Crippen molar-refractivity contribution in [3.8, 4) is 0 Å². The van der Waals surface area contributed by atoms with Crippen LogP contribution in [0.5, 0.6) is 0 Å². The van der Waals surface area contributed by atoms with Crippen LogP contribution in [0.25, 0.3) is 0 Å². The molecule has 0 spiro atoms. The third kappa shape index (κ3) is 3.45. The van der Waals surface area contributed by atoms with Crippen molar-refractivity contribution < 1.29 is 4.39 Å². The van der Waals surface area contributed by atoms with Crippen LogP contribution in [0.2, 0.25) is 0 Å². The zero-order valence-electron chi connectivity index (χ0n) is 10.2. The molecule has 1 fully saturated rings. The van der Waals surface area contributed by atoms with Crippen molar-refractivity contribution >= 4 is 21.9 Å². The van der Waals surface area contributed by atoms with E-state index in [0.29, 0.717) is 17.0 Å². The maximum absolute atomic E-state index is 13.3. The molecule has 18 heavy (non-hydrogen) atoms. The summed E-state index contributed by atoms with van der Waals surface area (Å²) in [4.78, 5) is 6.42. The van der Waals surface area contributed by atoms with Crippen LogP contribution in [0.1, 0.15) is 24.8 Å². The van der Waals surface area contributed by atoms with E-state index < -0.39 is 0 Å². The second-order valence-corrected chi connectivity index (χ2v) is 5.32. The Morgan fingerprint density at radius 3 is 2.72 bits per heavy atom. The van der Waals surface area contributed by atoms with E-state index >= 15 is 0 Å². The summed E-state index contributed by atoms with van der Waals surface area (Å²) in [7, 11) is 0. The highest BCUT2D eigenvalue weighted by molar-refractivity contribution is 9.10. The SMILES string of the molecule is NC(=NCc1ccc(Br)c(F)c1)N1CCCCC1. The number of piperidine rings is 1. The van der Waals surface area contributed by atoms with Crippen molar-refractivity contribution in [2.45, 2.75) is 25.8 Å². The van der Waals surface area contributed by atoms with Crippen molar-refractivity contribution in [2.24, 2.45) is 10.7 Å². The molecule has 1 aromatic carbocycles. The Hall–Kier alpha value is -1.10. The van der Waals surface area contributed by atoms with Crippen LogP contribution in [0, 0.1) is 5.82 Å². The van der Waals surface area contributed by atoms with Gasteiger partial charge in [0.2, 0.25) is 0 Å². The summed E-state index contributed by atoms with van der Waals surface area (Å²) in [5.41, 5.74) is 6.77. The summed E-state index contributed by atoms with van der Waals surface area (Å²) >= 11 is 3.13. The number of hydrogen-bond donors (Lipinski definition) is 1. The van der Waals surface area contributed by atoms with Crippen molar-refractivity contribution in [3.05, 3.63) is 34.1 Å². The van der Waals surface area contributed by atoms with E-state index in [9.17, 15) is 4.39 Å². The number of guanidine groups is 1. The number of nitrogens with zero attached hydrogens (tertiary/aromatic N) is 2. The van der Waals surface area contributed by atoms with Crippen LogP contribution in [0.15, 0.2) is 27.7 Å². The van der Waals surface area contributed by atoms with Gasteiger partial charge in [0.15, 0.2) is 5.96 Å². The maximum Gasteiger partial charge on any atom is 0.191 e. The number of nitrogens with two attached hydrogens (primary N) is 1. The zero-order valence-corrected chi connectivity index (χ0v) is 11.8. The summed E-state index contributed by atoms with van der Waals surface area (Å²) in [6, 6.07) is 5.02. The quantitative estimate of drug-likeness (QED) is 0.674. The first kappa shape index (κ1) is 13.3. The van der Waals surface area contributed by atoms with Gasteiger partial charge in [-0.1, -0.05) is 6.07 Å². The van der Waals surface area contributed by atoms with E-state index in [4.69, 9.17) is 5.73 Å². The lowest BCUT2D eigenvalue weighted by atomic mass is 10.1. The average molecular weight is 314 g/mol. The van der Waals surface area contributed by atoms with E-state index in [-0.39, 0.29) is 5.82 Å². The molecule has 0 bridgehead atoms. The predicted octanol–water partition coefficient (Wildman–Crippen LogP) is 2.89. The first-order chi connectivity index (χ1) is 8.66. The Morgan fingerprint density at radius 1 is 1.33 bits per heavy atom. The van der Waals surface area contributed by atoms with Gasteiger partial charge in [0.25, 0.3) is 0 Å². The van der Waals surface area contributed by atoms with Gasteiger partial charge in [-0.3, -0.25) is 0 Å². The largest absolute Gasteiger partial charge is 0.370 e. The molecule has 0 aromatic heterocycles. The lowest BCUT2D eigenvalue weighted by Gasteiger charge is -2.27. The number of hydrogen-bond acceptors (Lipinski definition) is 1. The van der Waals surface area contributed by atoms with E-state index in [1.165, 1.54) is 25.3 Å². The molecule has 1 heterocycles. The van der Waals surface area contributed by atoms with Gasteiger partial charge in [-0.05, 0) is 52.9 Å². The molecule has 1 saturated heterocycles. The highest BCUT2D eigenvalue weighted by Gasteiger charge is 2.11. The Labute approximate surface area is 115 Å². The van der Waals surface area contributed by atoms with Crippen molar-refractivity contribution in [2.75, 3.05) is 13.1 Å². The predicted molar refractivity (Wildman–Crippen MR) is 74.9 cm³/mol. The Morgan fingerprint density at radius 2 is 2.06 bits per heavy atom. The number of halogens is 2. The van der Waals surface area contributed by atoms with Crippen molar-refractivity contribution in [1.82, 2.24) is 4.90 Å². The summed E-state index contributed by atoms with van der Waals surface area (Å²) < 4.78 is 13.8. The third-order valence-corrected chi connectivity index (χ3v) is 3.73. The molecule has 0 atom stereocenters. The van der Waals surface area contributed by atoms with Gasteiger partial charge in [0.05, 0.1) is 11.0 Å². The van der Waals surface area contributed by atoms with Gasteiger partial charge in [-0.25, -0.2) is 9.38 Å². The Bertz CT molecular complexity index is 442. The van der Waals surface area contributed by atoms with Gasteiger partial charge in [-0.15, -0.1) is 0 Å². The summed E-state index contributed by atoms with van der Waals surface area (Å²) in [6.45, 7) is 2.38. The number of aliphatic imine (C=N–C) groups is 1. The van der Waals surface area contributed by atoms with E-state index in [0.717, 1.165) is 18.7 Å². The molecule has 2 N–H and O–H groups in total. The van der Waals surface area contributed by atoms with E-state index in [1.807, 2.05) is 6.07 Å². The van der Waals surface area contributed by atoms with Crippen LogP contribution >= 0.6 is 15.9 Å². The molecule has 1 aliphatic rings. The molecular formula is C13H17BrFN3. The normalized spacial score (nSPS) is 17.0. The van der Waals surface area contributed by atoms with Crippen LogP contribution < -0.4 is 5.73 Å². The second kappa shape index (κ2) is 6.18. The second-order valence-electron chi connectivity index (χ2n) is 4.47. The van der Waals surface area contributed by atoms with E-state index in [1.54, 1.807) is 6.07 Å². The topological polar surface area (TPSA) is 41.6 Å². The zero-order chi connectivity index (χ0) is 13.0. The molecule has 0 radical (unpaired) electrons. The van der Waals surface area contributed by atoms with Gasteiger partial charge in [0.1, 0.15) is 5.82 Å². The molecule has 5 heteroatoms. The molecule has 3 nitrogen and oxygen atoms in total. The van der Waals surface area contributed by atoms with Crippen LogP contribution in [-0.2, 0) is 6.54 Å². The van der Waals surface area contributed by atoms with Crippen LogP contribution in [-0.4, -0.2) is 23.9 Å². The highest BCUT2D eigenvalue weighted by Crippen LogP contribution is 2.17.